The van der Waals surface area contributed by atoms with E-state index in [1.54, 1.807) is 6.20 Å². The summed E-state index contributed by atoms with van der Waals surface area (Å²) >= 11 is 3.40. The van der Waals surface area contributed by atoms with Gasteiger partial charge in [-0.05, 0) is 41.8 Å². The third-order valence-corrected chi connectivity index (χ3v) is 3.43. The fraction of sp³-hybridized carbons (Fsp3) is 0. The lowest BCUT2D eigenvalue weighted by Gasteiger charge is -2.10. The lowest BCUT2D eigenvalue weighted by Crippen LogP contribution is -1.96. The van der Waals surface area contributed by atoms with Crippen LogP contribution in [0.3, 0.4) is 0 Å². The molecule has 3 nitrogen and oxygen atoms in total. The Balaban J connectivity index is 1.96. The number of hydrogen-bond acceptors (Lipinski definition) is 3. The Morgan fingerprint density at radius 2 is 1.89 bits per heavy atom. The van der Waals surface area contributed by atoms with Crippen molar-refractivity contribution >= 4 is 43.8 Å². The van der Waals surface area contributed by atoms with Crippen LogP contribution in [0.25, 0.3) is 10.8 Å². The number of fused-ring (bicyclic) bond motifs is 1. The van der Waals surface area contributed by atoms with Crippen LogP contribution in [0, 0.1) is 0 Å². The number of nitrogens with zero attached hydrogens (tertiary/aromatic N) is 1. The first-order chi connectivity index (χ1) is 9.22. The average molecular weight is 314 g/mol. The topological polar surface area (TPSA) is 50.9 Å². The number of nitrogens with two attached hydrogens (primary N) is 1. The molecule has 0 saturated heterocycles. The minimum atomic E-state index is 0.712. The molecule has 0 aliphatic heterocycles. The van der Waals surface area contributed by atoms with Gasteiger partial charge in [-0.3, -0.25) is 4.98 Å². The third kappa shape index (κ3) is 2.53. The van der Waals surface area contributed by atoms with Crippen LogP contribution in [-0.4, -0.2) is 4.98 Å². The maximum Gasteiger partial charge on any atom is 0.0618 e. The molecule has 0 atom stereocenters. The molecular formula is C15H12BrN3. The van der Waals surface area contributed by atoms with Crippen LogP contribution in [-0.2, 0) is 0 Å². The Morgan fingerprint density at radius 3 is 2.74 bits per heavy atom. The molecule has 0 bridgehead atoms. The third-order valence-electron chi connectivity index (χ3n) is 2.93. The lowest BCUT2D eigenvalue weighted by molar-refractivity contribution is 1.36. The summed E-state index contributed by atoms with van der Waals surface area (Å²) in [5, 5.41) is 5.60. The van der Waals surface area contributed by atoms with Crippen molar-refractivity contribution in [1.29, 1.82) is 0 Å². The molecule has 2 aromatic carbocycles. The zero-order valence-electron chi connectivity index (χ0n) is 10.1. The van der Waals surface area contributed by atoms with Crippen LogP contribution in [0.4, 0.5) is 17.1 Å². The van der Waals surface area contributed by atoms with Gasteiger partial charge in [-0.2, -0.15) is 0 Å². The summed E-state index contributed by atoms with van der Waals surface area (Å²) < 4.78 is 0.972. The average Bonchev–Trinajstić information content (AvgIpc) is 2.42. The second kappa shape index (κ2) is 4.90. The normalized spacial score (nSPS) is 10.6. The van der Waals surface area contributed by atoms with E-state index in [9.17, 15) is 0 Å². The molecule has 0 amide bonds. The lowest BCUT2D eigenvalue weighted by atomic mass is 10.1. The molecule has 0 aliphatic carbocycles. The number of halogens is 1. The van der Waals surface area contributed by atoms with Gasteiger partial charge >= 0.3 is 0 Å². The van der Waals surface area contributed by atoms with Crippen molar-refractivity contribution in [3.05, 3.63) is 59.3 Å². The number of nitrogen functional groups attached to an aromatic ring is 1. The first-order valence-corrected chi connectivity index (χ1v) is 6.67. The molecule has 0 unspecified atom stereocenters. The van der Waals surface area contributed by atoms with Gasteiger partial charge in [-0.15, -0.1) is 0 Å². The monoisotopic (exact) mass is 313 g/mol. The first kappa shape index (κ1) is 12.0. The molecule has 0 spiro atoms. The van der Waals surface area contributed by atoms with E-state index in [0.717, 1.165) is 26.6 Å². The van der Waals surface area contributed by atoms with Gasteiger partial charge in [0, 0.05) is 27.9 Å². The highest BCUT2D eigenvalue weighted by Gasteiger charge is 2.01. The van der Waals surface area contributed by atoms with E-state index < -0.39 is 0 Å². The quantitative estimate of drug-likeness (QED) is 0.693. The molecular weight excluding hydrogens is 302 g/mol. The van der Waals surface area contributed by atoms with Crippen LogP contribution in [0.1, 0.15) is 0 Å². The summed E-state index contributed by atoms with van der Waals surface area (Å²) in [6.07, 6.45) is 3.65. The van der Waals surface area contributed by atoms with Gasteiger partial charge < -0.3 is 11.1 Å². The first-order valence-electron chi connectivity index (χ1n) is 5.88. The zero-order chi connectivity index (χ0) is 13.2. The van der Waals surface area contributed by atoms with Crippen LogP contribution in [0.2, 0.25) is 0 Å². The molecule has 0 fully saturated rings. The number of anilines is 3. The van der Waals surface area contributed by atoms with E-state index in [0.29, 0.717) is 5.69 Å². The number of pyridine rings is 1. The van der Waals surface area contributed by atoms with Crippen molar-refractivity contribution in [3.63, 3.8) is 0 Å². The molecule has 0 radical (unpaired) electrons. The Hall–Kier alpha value is -2.07. The van der Waals surface area contributed by atoms with Crippen molar-refractivity contribution in [3.8, 4) is 0 Å². The molecule has 1 heterocycles. The summed E-state index contributed by atoms with van der Waals surface area (Å²) in [6.45, 7) is 0. The SMILES string of the molecule is Nc1cc(Br)ccc1Nc1ccc2cnccc2c1. The molecule has 19 heavy (non-hydrogen) atoms. The van der Waals surface area contributed by atoms with Gasteiger partial charge in [0.1, 0.15) is 0 Å². The minimum absolute atomic E-state index is 0.712. The van der Waals surface area contributed by atoms with Crippen molar-refractivity contribution < 1.29 is 0 Å². The maximum atomic E-state index is 5.98. The van der Waals surface area contributed by atoms with E-state index >= 15 is 0 Å². The highest BCUT2D eigenvalue weighted by atomic mass is 79.9. The van der Waals surface area contributed by atoms with Crippen LogP contribution in [0.5, 0.6) is 0 Å². The van der Waals surface area contributed by atoms with Gasteiger partial charge in [0.2, 0.25) is 0 Å². The maximum absolute atomic E-state index is 5.98. The van der Waals surface area contributed by atoms with E-state index in [4.69, 9.17) is 5.73 Å². The molecule has 94 valence electrons. The zero-order valence-corrected chi connectivity index (χ0v) is 11.7. The van der Waals surface area contributed by atoms with E-state index in [2.05, 4.69) is 32.3 Å². The van der Waals surface area contributed by atoms with Crippen LogP contribution in [0.15, 0.2) is 59.3 Å². The van der Waals surface area contributed by atoms with Crippen LogP contribution >= 0.6 is 15.9 Å². The Bertz CT molecular complexity index is 740. The summed E-state index contributed by atoms with van der Waals surface area (Å²) in [5.74, 6) is 0. The number of nitrogens with one attached hydrogen (secondary N) is 1. The second-order valence-corrected chi connectivity index (χ2v) is 5.21. The summed E-state index contributed by atoms with van der Waals surface area (Å²) in [6, 6.07) is 13.9. The predicted molar refractivity (Wildman–Crippen MR) is 83.6 cm³/mol. The fourth-order valence-corrected chi connectivity index (χ4v) is 2.34. The van der Waals surface area contributed by atoms with Crippen molar-refractivity contribution in [1.82, 2.24) is 4.98 Å². The van der Waals surface area contributed by atoms with Gasteiger partial charge in [0.15, 0.2) is 0 Å². The van der Waals surface area contributed by atoms with E-state index in [-0.39, 0.29) is 0 Å². The van der Waals surface area contributed by atoms with Crippen molar-refractivity contribution in [2.24, 2.45) is 0 Å². The second-order valence-electron chi connectivity index (χ2n) is 4.29. The Labute approximate surface area is 119 Å². The molecule has 3 aromatic rings. The minimum Gasteiger partial charge on any atom is -0.397 e. The highest BCUT2D eigenvalue weighted by molar-refractivity contribution is 9.10. The molecule has 0 saturated carbocycles. The summed E-state index contributed by atoms with van der Waals surface area (Å²) in [5.41, 5.74) is 8.60. The van der Waals surface area contributed by atoms with Gasteiger partial charge in [0.05, 0.1) is 11.4 Å². The Morgan fingerprint density at radius 1 is 1.00 bits per heavy atom. The fourth-order valence-electron chi connectivity index (χ4n) is 1.96. The standard InChI is InChI=1S/C15H12BrN3/c16-12-2-4-15(14(17)8-12)19-13-3-1-11-9-18-6-5-10(11)7-13/h1-9,19H,17H2. The van der Waals surface area contributed by atoms with Crippen LogP contribution < -0.4 is 11.1 Å². The Kier molecular flexibility index (Phi) is 3.09. The smallest absolute Gasteiger partial charge is 0.0618 e. The molecule has 3 rings (SSSR count). The molecule has 0 aliphatic rings. The molecule has 4 heteroatoms. The summed E-state index contributed by atoms with van der Waals surface area (Å²) in [7, 11) is 0. The van der Waals surface area contributed by atoms with Gasteiger partial charge in [-0.25, -0.2) is 0 Å². The largest absolute Gasteiger partial charge is 0.397 e. The summed E-state index contributed by atoms with van der Waals surface area (Å²) in [4.78, 5) is 4.10. The molecule has 3 N–H and O–H groups in total. The van der Waals surface area contributed by atoms with E-state index in [1.807, 2.05) is 42.6 Å². The predicted octanol–water partition coefficient (Wildman–Crippen LogP) is 4.32. The van der Waals surface area contributed by atoms with Gasteiger partial charge in [0.25, 0.3) is 0 Å². The molecule has 1 aromatic heterocycles. The number of benzene rings is 2. The van der Waals surface area contributed by atoms with Crippen molar-refractivity contribution in [2.45, 2.75) is 0 Å². The highest BCUT2D eigenvalue weighted by Crippen LogP contribution is 2.27. The number of rotatable bonds is 2. The van der Waals surface area contributed by atoms with Gasteiger partial charge in [-0.1, -0.05) is 22.0 Å². The van der Waals surface area contributed by atoms with Crippen molar-refractivity contribution in [2.75, 3.05) is 11.1 Å². The number of aromatic nitrogens is 1. The van der Waals surface area contributed by atoms with E-state index in [1.165, 1.54) is 0 Å². The number of hydrogen-bond donors (Lipinski definition) is 2.